The molecule has 5 rings (SSSR count). The second-order valence-electron chi connectivity index (χ2n) is 8.62. The number of halogens is 1. The van der Waals surface area contributed by atoms with Gasteiger partial charge in [-0.25, -0.2) is 9.82 Å². The largest absolute Gasteiger partial charge is 0.493 e. The standard InChI is InChI=1S/C26H30FN7O4/c1-35-23-16-19(6-7-22(23)38-18-20-4-2-3-5-21(20)27)17-28-32-24-29-25(33-8-12-36-13-9-33)31-26(30-24)34-10-14-37-15-11-34/h2-7,16-17H,8-15,18H2,1H3,(H,29,30,31,32)/b28-17-. The van der Waals surface area contributed by atoms with Crippen LogP contribution in [0.4, 0.5) is 22.2 Å². The summed E-state index contributed by atoms with van der Waals surface area (Å²) >= 11 is 0. The van der Waals surface area contributed by atoms with Crippen LogP contribution in [0.1, 0.15) is 11.1 Å². The predicted octanol–water partition coefficient (Wildman–Crippen LogP) is 2.72. The first-order chi connectivity index (χ1) is 18.7. The molecule has 0 saturated carbocycles. The molecule has 3 aromatic rings. The van der Waals surface area contributed by atoms with E-state index >= 15 is 0 Å². The number of aromatic nitrogens is 3. The van der Waals surface area contributed by atoms with E-state index in [4.69, 9.17) is 23.9 Å². The SMILES string of the molecule is COc1cc(/C=N\Nc2nc(N3CCOCC3)nc(N3CCOCC3)n2)ccc1OCc1ccccc1F. The van der Waals surface area contributed by atoms with Crippen molar-refractivity contribution in [3.05, 3.63) is 59.4 Å². The maximum absolute atomic E-state index is 13.9. The number of hydrazone groups is 1. The summed E-state index contributed by atoms with van der Waals surface area (Å²) in [5.74, 6) is 2.21. The highest BCUT2D eigenvalue weighted by Crippen LogP contribution is 2.28. The zero-order chi connectivity index (χ0) is 26.2. The first kappa shape index (κ1) is 25.6. The lowest BCUT2D eigenvalue weighted by Gasteiger charge is -2.30. The molecule has 38 heavy (non-hydrogen) atoms. The Kier molecular flexibility index (Phi) is 8.41. The zero-order valence-corrected chi connectivity index (χ0v) is 21.2. The Morgan fingerprint density at radius 1 is 0.921 bits per heavy atom. The maximum atomic E-state index is 13.9. The van der Waals surface area contributed by atoms with Gasteiger partial charge >= 0.3 is 0 Å². The lowest BCUT2D eigenvalue weighted by atomic mass is 10.2. The van der Waals surface area contributed by atoms with Gasteiger partial charge in [-0.15, -0.1) is 0 Å². The van der Waals surface area contributed by atoms with Crippen LogP contribution in [-0.4, -0.2) is 80.9 Å². The Morgan fingerprint density at radius 2 is 1.58 bits per heavy atom. The summed E-state index contributed by atoms with van der Waals surface area (Å²) in [7, 11) is 1.55. The van der Waals surface area contributed by atoms with E-state index in [-0.39, 0.29) is 12.4 Å². The third kappa shape index (κ3) is 6.45. The van der Waals surface area contributed by atoms with Crippen LogP contribution in [0.2, 0.25) is 0 Å². The van der Waals surface area contributed by atoms with Crippen LogP contribution in [0.5, 0.6) is 11.5 Å². The molecule has 2 aromatic carbocycles. The number of benzene rings is 2. The van der Waals surface area contributed by atoms with Crippen LogP contribution in [0.15, 0.2) is 47.6 Å². The molecule has 2 aliphatic heterocycles. The summed E-state index contributed by atoms with van der Waals surface area (Å²) in [5.41, 5.74) is 4.17. The van der Waals surface area contributed by atoms with Crippen LogP contribution in [0.3, 0.4) is 0 Å². The van der Waals surface area contributed by atoms with Crippen LogP contribution in [-0.2, 0) is 16.1 Å². The molecule has 2 aliphatic rings. The number of ether oxygens (including phenoxy) is 4. The Labute approximate surface area is 220 Å². The highest BCUT2D eigenvalue weighted by Gasteiger charge is 2.20. The van der Waals surface area contributed by atoms with Crippen molar-refractivity contribution in [3.63, 3.8) is 0 Å². The topological polar surface area (TPSA) is 106 Å². The highest BCUT2D eigenvalue weighted by molar-refractivity contribution is 5.81. The Morgan fingerprint density at radius 3 is 2.21 bits per heavy atom. The van der Waals surface area contributed by atoms with Crippen molar-refractivity contribution in [3.8, 4) is 11.5 Å². The van der Waals surface area contributed by atoms with Crippen LogP contribution < -0.4 is 24.7 Å². The summed E-state index contributed by atoms with van der Waals surface area (Å²) in [4.78, 5) is 18.0. The van der Waals surface area contributed by atoms with Gasteiger partial charge in [0.1, 0.15) is 12.4 Å². The van der Waals surface area contributed by atoms with Gasteiger partial charge in [0.25, 0.3) is 0 Å². The molecular formula is C26H30FN7O4. The predicted molar refractivity (Wildman–Crippen MR) is 141 cm³/mol. The molecule has 2 saturated heterocycles. The lowest BCUT2D eigenvalue weighted by Crippen LogP contribution is -2.40. The molecule has 0 bridgehead atoms. The Balaban J connectivity index is 1.29. The smallest absolute Gasteiger partial charge is 0.250 e. The third-order valence-electron chi connectivity index (χ3n) is 6.11. The second kappa shape index (κ2) is 12.5. The number of morpholine rings is 2. The van der Waals surface area contributed by atoms with Gasteiger partial charge in [0.2, 0.25) is 17.8 Å². The third-order valence-corrected chi connectivity index (χ3v) is 6.11. The van der Waals surface area contributed by atoms with E-state index in [9.17, 15) is 4.39 Å². The average molecular weight is 524 g/mol. The Hall–Kier alpha value is -4.03. The molecule has 11 nitrogen and oxygen atoms in total. The number of rotatable bonds is 9. The van der Waals surface area contributed by atoms with E-state index < -0.39 is 0 Å². The number of methoxy groups -OCH3 is 1. The van der Waals surface area contributed by atoms with Gasteiger partial charge < -0.3 is 28.7 Å². The summed E-state index contributed by atoms with van der Waals surface area (Å²) in [6, 6.07) is 11.9. The normalized spacial score (nSPS) is 16.1. The molecule has 0 atom stereocenters. The van der Waals surface area contributed by atoms with Gasteiger partial charge in [-0.2, -0.15) is 20.1 Å². The van der Waals surface area contributed by atoms with Gasteiger partial charge in [-0.05, 0) is 29.8 Å². The molecular weight excluding hydrogens is 493 g/mol. The van der Waals surface area contributed by atoms with Crippen LogP contribution in [0, 0.1) is 5.82 Å². The van der Waals surface area contributed by atoms with E-state index in [1.54, 1.807) is 43.7 Å². The minimum atomic E-state index is -0.312. The number of hydrogen-bond donors (Lipinski definition) is 1. The number of hydrogen-bond acceptors (Lipinski definition) is 11. The fraction of sp³-hybridized carbons (Fsp3) is 0.385. The lowest BCUT2D eigenvalue weighted by molar-refractivity contribution is 0.121. The fourth-order valence-corrected chi connectivity index (χ4v) is 4.03. The average Bonchev–Trinajstić information content (AvgIpc) is 2.98. The molecule has 1 aromatic heterocycles. The molecule has 0 spiro atoms. The van der Waals surface area contributed by atoms with Crippen molar-refractivity contribution >= 4 is 24.1 Å². The molecule has 2 fully saturated rings. The molecule has 0 unspecified atom stereocenters. The van der Waals surface area contributed by atoms with Gasteiger partial charge in [0, 0.05) is 31.7 Å². The van der Waals surface area contributed by atoms with E-state index in [1.807, 2.05) is 6.07 Å². The van der Waals surface area contributed by atoms with Crippen molar-refractivity contribution in [1.29, 1.82) is 0 Å². The van der Waals surface area contributed by atoms with Crippen molar-refractivity contribution in [2.24, 2.45) is 5.10 Å². The minimum Gasteiger partial charge on any atom is -0.493 e. The molecule has 0 amide bonds. The first-order valence-electron chi connectivity index (χ1n) is 12.4. The molecule has 12 heteroatoms. The molecule has 0 aliphatic carbocycles. The monoisotopic (exact) mass is 523 g/mol. The maximum Gasteiger partial charge on any atom is 0.250 e. The van der Waals surface area contributed by atoms with E-state index in [1.165, 1.54) is 6.07 Å². The van der Waals surface area contributed by atoms with Gasteiger partial charge in [0.05, 0.1) is 39.8 Å². The van der Waals surface area contributed by atoms with Crippen LogP contribution >= 0.6 is 0 Å². The summed E-state index contributed by atoms with van der Waals surface area (Å²) in [5, 5.41) is 4.33. The van der Waals surface area contributed by atoms with Crippen molar-refractivity contribution in [2.45, 2.75) is 6.61 Å². The first-order valence-corrected chi connectivity index (χ1v) is 12.4. The van der Waals surface area contributed by atoms with E-state index in [2.05, 4.69) is 30.3 Å². The fourth-order valence-electron chi connectivity index (χ4n) is 4.03. The zero-order valence-electron chi connectivity index (χ0n) is 21.2. The molecule has 200 valence electrons. The van der Waals surface area contributed by atoms with Gasteiger partial charge in [-0.1, -0.05) is 18.2 Å². The van der Waals surface area contributed by atoms with Gasteiger partial charge in [-0.3, -0.25) is 0 Å². The quantitative estimate of drug-likeness (QED) is 0.332. The summed E-state index contributed by atoms with van der Waals surface area (Å²) in [6.07, 6.45) is 1.63. The molecule has 3 heterocycles. The van der Waals surface area contributed by atoms with Gasteiger partial charge in [0.15, 0.2) is 11.5 Å². The second-order valence-corrected chi connectivity index (χ2v) is 8.62. The summed E-state index contributed by atoms with van der Waals surface area (Å²) < 4.78 is 36.1. The summed E-state index contributed by atoms with van der Waals surface area (Å²) in [6.45, 7) is 5.43. The Bertz CT molecular complexity index is 1210. The van der Waals surface area contributed by atoms with Crippen molar-refractivity contribution < 1.29 is 23.3 Å². The highest BCUT2D eigenvalue weighted by atomic mass is 19.1. The van der Waals surface area contributed by atoms with Crippen molar-refractivity contribution in [1.82, 2.24) is 15.0 Å². The van der Waals surface area contributed by atoms with Crippen molar-refractivity contribution in [2.75, 3.05) is 74.9 Å². The molecule has 1 N–H and O–H groups in total. The minimum absolute atomic E-state index is 0.0916. The van der Waals surface area contributed by atoms with Crippen LogP contribution in [0.25, 0.3) is 0 Å². The number of nitrogens with zero attached hydrogens (tertiary/aromatic N) is 6. The number of anilines is 3. The number of nitrogens with one attached hydrogen (secondary N) is 1. The van der Waals surface area contributed by atoms with E-state index in [0.717, 1.165) is 5.56 Å². The molecule has 0 radical (unpaired) electrons. The van der Waals surface area contributed by atoms with E-state index in [0.29, 0.717) is 87.5 Å².